The van der Waals surface area contributed by atoms with Gasteiger partial charge in [-0.25, -0.2) is 9.78 Å². The number of ether oxygens (including phenoxy) is 2. The van der Waals surface area contributed by atoms with E-state index >= 15 is 0 Å². The summed E-state index contributed by atoms with van der Waals surface area (Å²) in [6, 6.07) is 13.1. The maximum Gasteiger partial charge on any atom is 0.351 e. The third kappa shape index (κ3) is 4.23. The maximum absolute atomic E-state index is 13.6. The van der Waals surface area contributed by atoms with E-state index in [1.54, 1.807) is 30.9 Å². The highest BCUT2D eigenvalue weighted by Crippen LogP contribution is 2.33. The summed E-state index contributed by atoms with van der Waals surface area (Å²) in [5, 5.41) is 10.4. The first-order chi connectivity index (χ1) is 16.9. The minimum absolute atomic E-state index is 0.301. The van der Waals surface area contributed by atoms with Crippen molar-refractivity contribution in [2.75, 3.05) is 14.2 Å². The van der Waals surface area contributed by atoms with Crippen molar-refractivity contribution in [3.05, 3.63) is 80.7 Å². The molecule has 180 valence electrons. The van der Waals surface area contributed by atoms with Crippen molar-refractivity contribution in [3.8, 4) is 11.5 Å². The number of nitrogens with zero attached hydrogens (tertiary/aromatic N) is 6. The van der Waals surface area contributed by atoms with Crippen molar-refractivity contribution < 1.29 is 9.47 Å². The molecule has 35 heavy (non-hydrogen) atoms. The lowest BCUT2D eigenvalue weighted by Gasteiger charge is -2.14. The van der Waals surface area contributed by atoms with E-state index in [0.29, 0.717) is 53.0 Å². The first kappa shape index (κ1) is 22.9. The van der Waals surface area contributed by atoms with E-state index in [0.717, 1.165) is 22.3 Å². The zero-order valence-electron chi connectivity index (χ0n) is 19.9. The van der Waals surface area contributed by atoms with Crippen LogP contribution in [0, 0.1) is 13.8 Å². The van der Waals surface area contributed by atoms with Gasteiger partial charge in [-0.15, -0.1) is 5.10 Å². The molecule has 0 fully saturated rings. The van der Waals surface area contributed by atoms with Gasteiger partial charge in [-0.2, -0.15) is 9.61 Å². The molecule has 10 heteroatoms. The smallest absolute Gasteiger partial charge is 0.351 e. The second-order valence-electron chi connectivity index (χ2n) is 8.39. The van der Waals surface area contributed by atoms with E-state index in [1.165, 1.54) is 4.52 Å². The number of aryl methyl sites for hydroxylation is 4. The Hall–Kier alpha value is -3.85. The highest BCUT2D eigenvalue weighted by molar-refractivity contribution is 6.30. The zero-order chi connectivity index (χ0) is 24.7. The Morgan fingerprint density at radius 2 is 1.77 bits per heavy atom. The first-order valence-corrected chi connectivity index (χ1v) is 11.6. The fourth-order valence-electron chi connectivity index (χ4n) is 4.33. The Balaban J connectivity index is 1.67. The van der Waals surface area contributed by atoms with E-state index in [4.69, 9.17) is 26.1 Å². The van der Waals surface area contributed by atoms with Crippen LogP contribution < -0.4 is 15.2 Å². The van der Waals surface area contributed by atoms with Gasteiger partial charge < -0.3 is 9.47 Å². The van der Waals surface area contributed by atoms with Gasteiger partial charge in [0.15, 0.2) is 23.0 Å². The van der Waals surface area contributed by atoms with Crippen molar-refractivity contribution in [1.29, 1.82) is 0 Å². The van der Waals surface area contributed by atoms with Gasteiger partial charge in [0.1, 0.15) is 0 Å². The largest absolute Gasteiger partial charge is 0.493 e. The lowest BCUT2D eigenvalue weighted by Crippen LogP contribution is -2.28. The van der Waals surface area contributed by atoms with Crippen molar-refractivity contribution >= 4 is 28.2 Å². The highest BCUT2D eigenvalue weighted by atomic mass is 35.5. The minimum Gasteiger partial charge on any atom is -0.493 e. The minimum atomic E-state index is -0.301. The normalized spacial score (nSPS) is 11.5. The Morgan fingerprint density at radius 1 is 1.00 bits per heavy atom. The van der Waals surface area contributed by atoms with Gasteiger partial charge in [0.25, 0.3) is 0 Å². The molecule has 0 aliphatic heterocycles. The van der Waals surface area contributed by atoms with Crippen molar-refractivity contribution in [1.82, 2.24) is 28.9 Å². The van der Waals surface area contributed by atoms with Gasteiger partial charge in [0.2, 0.25) is 0 Å². The number of aromatic nitrogens is 6. The van der Waals surface area contributed by atoms with Gasteiger partial charge >= 0.3 is 5.69 Å². The van der Waals surface area contributed by atoms with Crippen LogP contribution in [0.2, 0.25) is 5.02 Å². The van der Waals surface area contributed by atoms with Crippen LogP contribution in [0.4, 0.5) is 0 Å². The Kier molecular flexibility index (Phi) is 5.94. The fraction of sp³-hybridized carbons (Fsp3) is 0.280. The molecule has 0 spiro atoms. The van der Waals surface area contributed by atoms with Crippen LogP contribution in [0.15, 0.2) is 47.3 Å². The number of fused-ring (bicyclic) bond motifs is 3. The molecule has 5 aromatic rings. The number of hydrogen-bond donors (Lipinski definition) is 0. The summed E-state index contributed by atoms with van der Waals surface area (Å²) < 4.78 is 16.0. The molecule has 0 saturated heterocycles. The number of hydrogen-bond acceptors (Lipinski definition) is 6. The van der Waals surface area contributed by atoms with Gasteiger partial charge in [-0.05, 0) is 43.7 Å². The third-order valence-electron chi connectivity index (χ3n) is 5.98. The molecule has 2 aromatic carbocycles. The van der Waals surface area contributed by atoms with Crippen molar-refractivity contribution in [2.45, 2.75) is 33.4 Å². The third-order valence-corrected chi connectivity index (χ3v) is 6.21. The molecule has 0 aliphatic rings. The Labute approximate surface area is 206 Å². The van der Waals surface area contributed by atoms with Crippen molar-refractivity contribution in [2.24, 2.45) is 0 Å². The monoisotopic (exact) mass is 492 g/mol. The van der Waals surface area contributed by atoms with Gasteiger partial charge in [0.05, 0.1) is 32.0 Å². The van der Waals surface area contributed by atoms with E-state index in [1.807, 2.05) is 48.9 Å². The van der Waals surface area contributed by atoms with Crippen LogP contribution in [0.1, 0.15) is 22.8 Å². The standard InChI is InChI=1S/C25H25ClN6O3/c1-15-10-16(2)31(28-15)9-8-23-27-24-19-12-21(34-3)22(35-4)13-20(19)30(25(33)32(24)29-23)14-17-6-5-7-18(26)11-17/h5-7,10-13H,8-9,14H2,1-4H3. The molecule has 0 unspecified atom stereocenters. The van der Waals surface area contributed by atoms with Crippen molar-refractivity contribution in [3.63, 3.8) is 0 Å². The highest BCUT2D eigenvalue weighted by Gasteiger charge is 2.19. The SMILES string of the molecule is COc1cc2c(cc1OC)n(Cc1cccc(Cl)c1)c(=O)n1nc(CCn3nc(C)cc3C)nc21. The molecule has 0 bridgehead atoms. The molecular weight excluding hydrogens is 468 g/mol. The van der Waals surface area contributed by atoms with Gasteiger partial charge in [-0.1, -0.05) is 23.7 Å². The quantitative estimate of drug-likeness (QED) is 0.343. The summed E-state index contributed by atoms with van der Waals surface area (Å²) in [5.41, 5.74) is 3.75. The van der Waals surface area contributed by atoms with Crippen LogP contribution >= 0.6 is 11.6 Å². The van der Waals surface area contributed by atoms with E-state index in [-0.39, 0.29) is 5.69 Å². The second-order valence-corrected chi connectivity index (χ2v) is 8.82. The summed E-state index contributed by atoms with van der Waals surface area (Å²) in [5.74, 6) is 1.63. The van der Waals surface area contributed by atoms with E-state index in [9.17, 15) is 4.79 Å². The summed E-state index contributed by atoms with van der Waals surface area (Å²) in [6.07, 6.45) is 0.534. The van der Waals surface area contributed by atoms with Crippen LogP contribution in [0.5, 0.6) is 11.5 Å². The van der Waals surface area contributed by atoms with Gasteiger partial charge in [0, 0.05) is 35.1 Å². The molecule has 0 saturated carbocycles. The second kappa shape index (κ2) is 9.07. The number of benzene rings is 2. The van der Waals surface area contributed by atoms with Crippen LogP contribution in [0.3, 0.4) is 0 Å². The predicted octanol–water partition coefficient (Wildman–Crippen LogP) is 3.82. The lowest BCUT2D eigenvalue weighted by atomic mass is 10.2. The maximum atomic E-state index is 13.6. The number of halogens is 1. The zero-order valence-corrected chi connectivity index (χ0v) is 20.7. The fourth-order valence-corrected chi connectivity index (χ4v) is 4.55. The van der Waals surface area contributed by atoms with Crippen LogP contribution in [0.25, 0.3) is 16.6 Å². The van der Waals surface area contributed by atoms with E-state index < -0.39 is 0 Å². The molecule has 0 N–H and O–H groups in total. The summed E-state index contributed by atoms with van der Waals surface area (Å²) in [7, 11) is 3.14. The topological polar surface area (TPSA) is 88.5 Å². The summed E-state index contributed by atoms with van der Waals surface area (Å²) in [6.45, 7) is 4.90. The van der Waals surface area contributed by atoms with E-state index in [2.05, 4.69) is 10.2 Å². The van der Waals surface area contributed by atoms with Crippen LogP contribution in [-0.2, 0) is 19.5 Å². The average molecular weight is 493 g/mol. The molecule has 0 atom stereocenters. The molecule has 0 radical (unpaired) electrons. The summed E-state index contributed by atoms with van der Waals surface area (Å²) in [4.78, 5) is 18.4. The Morgan fingerprint density at radius 3 is 2.46 bits per heavy atom. The average Bonchev–Trinajstić information content (AvgIpc) is 3.42. The molecular formula is C25H25ClN6O3. The molecule has 0 amide bonds. The van der Waals surface area contributed by atoms with Crippen LogP contribution in [-0.4, -0.2) is 43.2 Å². The molecule has 9 nitrogen and oxygen atoms in total. The molecule has 5 rings (SSSR count). The molecule has 0 aliphatic carbocycles. The first-order valence-electron chi connectivity index (χ1n) is 11.2. The molecule has 3 heterocycles. The number of rotatable bonds is 7. The molecule has 3 aromatic heterocycles. The Bertz CT molecular complexity index is 1620. The number of methoxy groups -OCH3 is 2. The predicted molar refractivity (Wildman–Crippen MR) is 134 cm³/mol. The lowest BCUT2D eigenvalue weighted by molar-refractivity contribution is 0.355. The van der Waals surface area contributed by atoms with Gasteiger partial charge in [-0.3, -0.25) is 9.25 Å². The summed E-state index contributed by atoms with van der Waals surface area (Å²) >= 11 is 6.19.